The summed E-state index contributed by atoms with van der Waals surface area (Å²) in [5.41, 5.74) is 7.27. The van der Waals surface area contributed by atoms with Gasteiger partial charge in [0.15, 0.2) is 16.7 Å². The van der Waals surface area contributed by atoms with Crippen molar-refractivity contribution in [3.05, 3.63) is 48.2 Å². The zero-order valence-corrected chi connectivity index (χ0v) is 16.9. The third-order valence-corrected chi connectivity index (χ3v) is 5.12. The summed E-state index contributed by atoms with van der Waals surface area (Å²) in [7, 11) is 0. The fraction of sp³-hybridized carbons (Fsp3) is 0.300. The van der Waals surface area contributed by atoms with Crippen LogP contribution in [0.3, 0.4) is 0 Å². The van der Waals surface area contributed by atoms with E-state index in [0.717, 1.165) is 18.5 Å². The quantitative estimate of drug-likeness (QED) is 0.493. The summed E-state index contributed by atoms with van der Waals surface area (Å²) in [6.07, 6.45) is 3.77. The van der Waals surface area contributed by atoms with Crippen LogP contribution in [0.2, 0.25) is 0 Å². The van der Waals surface area contributed by atoms with Crippen molar-refractivity contribution in [1.82, 2.24) is 14.8 Å². The highest BCUT2D eigenvalue weighted by Crippen LogP contribution is 2.25. The lowest BCUT2D eigenvalue weighted by molar-refractivity contribution is -0.118. The SMILES string of the molecule is CCCc1ccc(NC(=O)CSc2nnc(-c3ccco3)n2CCC(N)=O)cc1. The molecular formula is C20H23N5O3S. The van der Waals surface area contributed by atoms with Crippen molar-refractivity contribution in [2.75, 3.05) is 11.1 Å². The van der Waals surface area contributed by atoms with Crippen molar-refractivity contribution in [2.45, 2.75) is 37.9 Å². The van der Waals surface area contributed by atoms with E-state index in [-0.39, 0.29) is 18.1 Å². The third-order valence-electron chi connectivity index (χ3n) is 4.15. The largest absolute Gasteiger partial charge is 0.461 e. The second kappa shape index (κ2) is 9.92. The number of carbonyl (C=O) groups excluding carboxylic acids is 2. The number of carbonyl (C=O) groups is 2. The van der Waals surface area contributed by atoms with Gasteiger partial charge in [0, 0.05) is 18.7 Å². The van der Waals surface area contributed by atoms with E-state index in [4.69, 9.17) is 10.2 Å². The van der Waals surface area contributed by atoms with Gasteiger partial charge in [0.1, 0.15) is 0 Å². The van der Waals surface area contributed by atoms with E-state index in [1.165, 1.54) is 23.6 Å². The molecule has 0 radical (unpaired) electrons. The zero-order valence-electron chi connectivity index (χ0n) is 16.1. The average Bonchev–Trinajstić information content (AvgIpc) is 3.36. The van der Waals surface area contributed by atoms with E-state index in [1.54, 1.807) is 16.7 Å². The monoisotopic (exact) mass is 413 g/mol. The molecule has 3 N–H and O–H groups in total. The van der Waals surface area contributed by atoms with Crippen LogP contribution in [0.25, 0.3) is 11.6 Å². The summed E-state index contributed by atoms with van der Waals surface area (Å²) in [5.74, 6) is 0.603. The molecule has 9 heteroatoms. The van der Waals surface area contributed by atoms with Crippen LogP contribution in [0.1, 0.15) is 25.3 Å². The topological polar surface area (TPSA) is 116 Å². The molecule has 8 nitrogen and oxygen atoms in total. The first kappa shape index (κ1) is 20.7. The minimum absolute atomic E-state index is 0.135. The third kappa shape index (κ3) is 5.71. The Bertz CT molecular complexity index is 951. The Kier molecular flexibility index (Phi) is 7.07. The molecule has 0 saturated carbocycles. The number of thioether (sulfide) groups is 1. The highest BCUT2D eigenvalue weighted by atomic mass is 32.2. The number of aryl methyl sites for hydroxylation is 1. The molecule has 3 aromatic rings. The normalized spacial score (nSPS) is 10.8. The van der Waals surface area contributed by atoms with Gasteiger partial charge in [0.2, 0.25) is 11.8 Å². The number of amides is 2. The van der Waals surface area contributed by atoms with E-state index in [0.29, 0.717) is 23.3 Å². The number of hydrogen-bond acceptors (Lipinski definition) is 6. The number of nitrogens with zero attached hydrogens (tertiary/aromatic N) is 3. The lowest BCUT2D eigenvalue weighted by Crippen LogP contribution is -2.16. The second-order valence-corrected chi connectivity index (χ2v) is 7.38. The molecule has 29 heavy (non-hydrogen) atoms. The molecule has 0 aliphatic carbocycles. The van der Waals surface area contributed by atoms with Gasteiger partial charge in [-0.25, -0.2) is 0 Å². The van der Waals surface area contributed by atoms with Crippen molar-refractivity contribution in [1.29, 1.82) is 0 Å². The highest BCUT2D eigenvalue weighted by Gasteiger charge is 2.18. The maximum Gasteiger partial charge on any atom is 0.234 e. The number of rotatable bonds is 10. The van der Waals surface area contributed by atoms with Gasteiger partial charge in [-0.1, -0.05) is 37.2 Å². The van der Waals surface area contributed by atoms with Crippen molar-refractivity contribution < 1.29 is 14.0 Å². The van der Waals surface area contributed by atoms with E-state index in [1.807, 2.05) is 24.3 Å². The summed E-state index contributed by atoms with van der Waals surface area (Å²) in [6.45, 7) is 2.44. The molecule has 0 fully saturated rings. The molecule has 2 aromatic heterocycles. The van der Waals surface area contributed by atoms with Gasteiger partial charge in [-0.15, -0.1) is 10.2 Å². The van der Waals surface area contributed by atoms with Crippen LogP contribution in [0.4, 0.5) is 5.69 Å². The number of primary amides is 1. The van der Waals surface area contributed by atoms with Crippen molar-refractivity contribution in [2.24, 2.45) is 5.73 Å². The van der Waals surface area contributed by atoms with Gasteiger partial charge in [-0.3, -0.25) is 14.2 Å². The van der Waals surface area contributed by atoms with Crippen molar-refractivity contribution >= 4 is 29.3 Å². The molecule has 0 spiro atoms. The van der Waals surface area contributed by atoms with E-state index >= 15 is 0 Å². The molecule has 1 aromatic carbocycles. The Balaban J connectivity index is 1.64. The molecule has 0 unspecified atom stereocenters. The number of anilines is 1. The van der Waals surface area contributed by atoms with Crippen LogP contribution in [0.5, 0.6) is 0 Å². The van der Waals surface area contributed by atoms with Crippen LogP contribution in [-0.2, 0) is 22.6 Å². The number of nitrogens with one attached hydrogen (secondary N) is 1. The van der Waals surface area contributed by atoms with Crippen LogP contribution >= 0.6 is 11.8 Å². The summed E-state index contributed by atoms with van der Waals surface area (Å²) >= 11 is 1.24. The van der Waals surface area contributed by atoms with E-state index < -0.39 is 5.91 Å². The molecular weight excluding hydrogens is 390 g/mol. The predicted octanol–water partition coefficient (Wildman–Crippen LogP) is 3.10. The van der Waals surface area contributed by atoms with Gasteiger partial charge < -0.3 is 15.5 Å². The molecule has 2 heterocycles. The fourth-order valence-electron chi connectivity index (χ4n) is 2.78. The van der Waals surface area contributed by atoms with E-state index in [2.05, 4.69) is 22.4 Å². The molecule has 0 aliphatic heterocycles. The Labute approximate surface area is 172 Å². The Morgan fingerprint density at radius 2 is 2.00 bits per heavy atom. The first-order chi connectivity index (χ1) is 14.1. The standard InChI is InChI=1S/C20H23N5O3S/c1-2-4-14-6-8-15(9-7-14)22-18(27)13-29-20-24-23-19(16-5-3-12-28-16)25(20)11-10-17(21)26/h3,5-9,12H,2,4,10-11,13H2,1H3,(H2,21,26)(H,22,27). The molecule has 0 saturated heterocycles. The smallest absolute Gasteiger partial charge is 0.234 e. The molecule has 0 atom stereocenters. The number of furan rings is 1. The van der Waals surface area contributed by atoms with Crippen LogP contribution in [0, 0.1) is 0 Å². The first-order valence-electron chi connectivity index (χ1n) is 9.33. The maximum atomic E-state index is 12.3. The molecule has 2 amide bonds. The molecule has 3 rings (SSSR count). The second-order valence-electron chi connectivity index (χ2n) is 6.44. The van der Waals surface area contributed by atoms with Gasteiger partial charge in [0.05, 0.1) is 12.0 Å². The number of hydrogen-bond donors (Lipinski definition) is 2. The van der Waals surface area contributed by atoms with Crippen LogP contribution in [0.15, 0.2) is 52.2 Å². The molecule has 0 aliphatic rings. The fourth-order valence-corrected chi connectivity index (χ4v) is 3.54. The number of benzene rings is 1. The lowest BCUT2D eigenvalue weighted by Gasteiger charge is -2.09. The van der Waals surface area contributed by atoms with Gasteiger partial charge in [0.25, 0.3) is 0 Å². The Morgan fingerprint density at radius 3 is 2.66 bits per heavy atom. The summed E-state index contributed by atoms with van der Waals surface area (Å²) in [4.78, 5) is 23.5. The Hall–Kier alpha value is -3.07. The first-order valence-corrected chi connectivity index (χ1v) is 10.3. The van der Waals surface area contributed by atoms with Crippen LogP contribution in [-0.4, -0.2) is 32.3 Å². The Morgan fingerprint density at radius 1 is 1.21 bits per heavy atom. The van der Waals surface area contributed by atoms with Crippen molar-refractivity contribution in [3.8, 4) is 11.6 Å². The van der Waals surface area contributed by atoms with Crippen LogP contribution < -0.4 is 11.1 Å². The average molecular weight is 414 g/mol. The minimum Gasteiger partial charge on any atom is -0.461 e. The summed E-state index contributed by atoms with van der Waals surface area (Å²) in [5, 5.41) is 11.7. The number of nitrogens with two attached hydrogens (primary N) is 1. The maximum absolute atomic E-state index is 12.3. The minimum atomic E-state index is -0.427. The number of aromatic nitrogens is 3. The zero-order chi connectivity index (χ0) is 20.6. The summed E-state index contributed by atoms with van der Waals surface area (Å²) in [6, 6.07) is 11.3. The van der Waals surface area contributed by atoms with E-state index in [9.17, 15) is 9.59 Å². The van der Waals surface area contributed by atoms with Crippen molar-refractivity contribution in [3.63, 3.8) is 0 Å². The lowest BCUT2D eigenvalue weighted by atomic mass is 10.1. The van der Waals surface area contributed by atoms with Gasteiger partial charge in [-0.05, 0) is 36.2 Å². The van der Waals surface area contributed by atoms with Gasteiger partial charge in [-0.2, -0.15) is 0 Å². The molecule has 152 valence electrons. The molecule has 0 bridgehead atoms. The predicted molar refractivity (Wildman–Crippen MR) is 111 cm³/mol. The van der Waals surface area contributed by atoms with Gasteiger partial charge >= 0.3 is 0 Å². The summed E-state index contributed by atoms with van der Waals surface area (Å²) < 4.78 is 7.12. The highest BCUT2D eigenvalue weighted by molar-refractivity contribution is 7.99.